The molecule has 1 saturated carbocycles. The standard InChI is InChI=1S/C14H21N3O3/c1-16-8-7-15-12(16)9-17(2)13(18)10-5-3-4-6-11(10)14(19)20/h7-8,10-11H,3-6,9H2,1-2H3,(H,19,20). The Morgan fingerprint density at radius 1 is 1.40 bits per heavy atom. The molecule has 2 rings (SSSR count). The van der Waals surface area contributed by atoms with Gasteiger partial charge in [-0.25, -0.2) is 4.98 Å². The fourth-order valence-electron chi connectivity index (χ4n) is 2.84. The summed E-state index contributed by atoms with van der Waals surface area (Å²) in [7, 11) is 3.59. The minimum absolute atomic E-state index is 0.0832. The minimum atomic E-state index is -0.853. The predicted octanol–water partition coefficient (Wildman–Crippen LogP) is 1.27. The first kappa shape index (κ1) is 14.6. The number of amides is 1. The van der Waals surface area contributed by atoms with Gasteiger partial charge in [0.1, 0.15) is 5.82 Å². The molecule has 0 aliphatic heterocycles. The van der Waals surface area contributed by atoms with Crippen molar-refractivity contribution in [3.05, 3.63) is 18.2 Å². The summed E-state index contributed by atoms with van der Waals surface area (Å²) < 4.78 is 1.86. The summed E-state index contributed by atoms with van der Waals surface area (Å²) in [6, 6.07) is 0. The third-order valence-corrected chi connectivity index (χ3v) is 4.08. The molecule has 1 aliphatic rings. The van der Waals surface area contributed by atoms with Gasteiger partial charge in [-0.3, -0.25) is 9.59 Å². The van der Waals surface area contributed by atoms with Gasteiger partial charge >= 0.3 is 5.97 Å². The zero-order chi connectivity index (χ0) is 14.7. The third-order valence-electron chi connectivity index (χ3n) is 4.08. The van der Waals surface area contributed by atoms with E-state index in [0.717, 1.165) is 18.7 Å². The Balaban J connectivity index is 2.05. The summed E-state index contributed by atoms with van der Waals surface area (Å²) >= 11 is 0. The highest BCUT2D eigenvalue weighted by Gasteiger charge is 2.37. The first-order valence-corrected chi connectivity index (χ1v) is 6.94. The van der Waals surface area contributed by atoms with Crippen molar-refractivity contribution in [2.75, 3.05) is 7.05 Å². The Labute approximate surface area is 118 Å². The van der Waals surface area contributed by atoms with Crippen molar-refractivity contribution in [1.82, 2.24) is 14.5 Å². The number of rotatable bonds is 4. The fraction of sp³-hybridized carbons (Fsp3) is 0.643. The molecule has 0 aromatic carbocycles. The van der Waals surface area contributed by atoms with Crippen LogP contribution in [0.15, 0.2) is 12.4 Å². The number of carbonyl (C=O) groups is 2. The molecule has 0 spiro atoms. The van der Waals surface area contributed by atoms with Crippen LogP contribution in [0.3, 0.4) is 0 Å². The lowest BCUT2D eigenvalue weighted by Gasteiger charge is -2.30. The average Bonchev–Trinajstić information content (AvgIpc) is 2.83. The van der Waals surface area contributed by atoms with Crippen LogP contribution in [-0.2, 0) is 23.2 Å². The third kappa shape index (κ3) is 3.00. The van der Waals surface area contributed by atoms with Crippen LogP contribution in [0.1, 0.15) is 31.5 Å². The molecule has 110 valence electrons. The molecule has 2 unspecified atom stereocenters. The van der Waals surface area contributed by atoms with E-state index >= 15 is 0 Å². The number of carbonyl (C=O) groups excluding carboxylic acids is 1. The Morgan fingerprint density at radius 3 is 2.60 bits per heavy atom. The number of nitrogens with zero attached hydrogens (tertiary/aromatic N) is 3. The first-order chi connectivity index (χ1) is 9.50. The zero-order valence-corrected chi connectivity index (χ0v) is 12.0. The summed E-state index contributed by atoms with van der Waals surface area (Å²) in [4.78, 5) is 29.5. The molecular formula is C14H21N3O3. The van der Waals surface area contributed by atoms with Gasteiger partial charge in [0.15, 0.2) is 0 Å². The van der Waals surface area contributed by atoms with Crippen molar-refractivity contribution >= 4 is 11.9 Å². The van der Waals surface area contributed by atoms with Crippen molar-refractivity contribution in [2.45, 2.75) is 32.2 Å². The van der Waals surface area contributed by atoms with Crippen LogP contribution in [0.2, 0.25) is 0 Å². The maximum atomic E-state index is 12.5. The molecule has 1 N–H and O–H groups in total. The van der Waals surface area contributed by atoms with Gasteiger partial charge in [0.25, 0.3) is 0 Å². The quantitative estimate of drug-likeness (QED) is 0.900. The molecule has 1 fully saturated rings. The largest absolute Gasteiger partial charge is 0.481 e. The van der Waals surface area contributed by atoms with Crippen molar-refractivity contribution in [1.29, 1.82) is 0 Å². The molecule has 0 radical (unpaired) electrons. The molecule has 0 saturated heterocycles. The SMILES string of the molecule is CN(Cc1nccn1C)C(=O)C1CCCCC1C(=O)O. The molecule has 1 aromatic rings. The highest BCUT2D eigenvalue weighted by Crippen LogP contribution is 2.31. The second-order valence-electron chi connectivity index (χ2n) is 5.48. The highest BCUT2D eigenvalue weighted by molar-refractivity contribution is 5.84. The Bertz CT molecular complexity index is 498. The van der Waals surface area contributed by atoms with E-state index in [-0.39, 0.29) is 5.91 Å². The van der Waals surface area contributed by atoms with Crippen LogP contribution in [-0.4, -0.2) is 38.5 Å². The van der Waals surface area contributed by atoms with Crippen LogP contribution in [0, 0.1) is 11.8 Å². The number of hydrogen-bond donors (Lipinski definition) is 1. The zero-order valence-electron chi connectivity index (χ0n) is 12.0. The topological polar surface area (TPSA) is 75.4 Å². The summed E-state index contributed by atoms with van der Waals surface area (Å²) in [6.07, 6.45) is 6.60. The number of carboxylic acid groups (broad SMARTS) is 1. The second kappa shape index (κ2) is 6.07. The van der Waals surface area contributed by atoms with Crippen LogP contribution < -0.4 is 0 Å². The van der Waals surface area contributed by atoms with Crippen molar-refractivity contribution in [3.8, 4) is 0 Å². The summed E-state index contributed by atoms with van der Waals surface area (Å²) in [6.45, 7) is 0.408. The van der Waals surface area contributed by atoms with E-state index < -0.39 is 17.8 Å². The van der Waals surface area contributed by atoms with Crippen molar-refractivity contribution in [3.63, 3.8) is 0 Å². The molecule has 1 heterocycles. The Kier molecular flexibility index (Phi) is 4.42. The van der Waals surface area contributed by atoms with Gasteiger partial charge in [-0.15, -0.1) is 0 Å². The normalized spacial score (nSPS) is 22.5. The molecule has 6 nitrogen and oxygen atoms in total. The van der Waals surface area contributed by atoms with Crippen LogP contribution in [0.5, 0.6) is 0 Å². The van der Waals surface area contributed by atoms with Gasteiger partial charge in [-0.2, -0.15) is 0 Å². The van der Waals surface area contributed by atoms with E-state index in [0.29, 0.717) is 19.4 Å². The van der Waals surface area contributed by atoms with Gasteiger partial charge < -0.3 is 14.6 Å². The molecule has 2 atom stereocenters. The van der Waals surface area contributed by atoms with Gasteiger partial charge in [0.2, 0.25) is 5.91 Å². The van der Waals surface area contributed by atoms with E-state index in [2.05, 4.69) is 4.98 Å². The van der Waals surface area contributed by atoms with Crippen LogP contribution in [0.4, 0.5) is 0 Å². The number of carboxylic acids is 1. The fourth-order valence-corrected chi connectivity index (χ4v) is 2.84. The monoisotopic (exact) mass is 279 g/mol. The molecule has 1 aliphatic carbocycles. The van der Waals surface area contributed by atoms with Crippen LogP contribution in [0.25, 0.3) is 0 Å². The summed E-state index contributed by atoms with van der Waals surface area (Å²) in [5, 5.41) is 9.25. The van der Waals surface area contributed by atoms with E-state index in [9.17, 15) is 14.7 Å². The van der Waals surface area contributed by atoms with Crippen molar-refractivity contribution < 1.29 is 14.7 Å². The smallest absolute Gasteiger partial charge is 0.307 e. The second-order valence-corrected chi connectivity index (χ2v) is 5.48. The molecular weight excluding hydrogens is 258 g/mol. The molecule has 20 heavy (non-hydrogen) atoms. The van der Waals surface area contributed by atoms with Crippen molar-refractivity contribution in [2.24, 2.45) is 18.9 Å². The maximum absolute atomic E-state index is 12.5. The maximum Gasteiger partial charge on any atom is 0.307 e. The lowest BCUT2D eigenvalue weighted by atomic mass is 9.78. The van der Waals surface area contributed by atoms with E-state index in [4.69, 9.17) is 0 Å². The Morgan fingerprint density at radius 2 is 2.05 bits per heavy atom. The van der Waals surface area contributed by atoms with E-state index in [1.54, 1.807) is 18.1 Å². The highest BCUT2D eigenvalue weighted by atomic mass is 16.4. The van der Waals surface area contributed by atoms with E-state index in [1.165, 1.54) is 0 Å². The van der Waals surface area contributed by atoms with Gasteiger partial charge in [0, 0.05) is 26.5 Å². The number of imidazole rings is 1. The number of aliphatic carboxylic acids is 1. The van der Waals surface area contributed by atoms with E-state index in [1.807, 2.05) is 17.8 Å². The molecule has 1 aromatic heterocycles. The minimum Gasteiger partial charge on any atom is -0.481 e. The number of aromatic nitrogens is 2. The van der Waals surface area contributed by atoms with Gasteiger partial charge in [0.05, 0.1) is 18.4 Å². The lowest BCUT2D eigenvalue weighted by molar-refractivity contribution is -0.152. The molecule has 6 heteroatoms. The molecule has 0 bridgehead atoms. The predicted molar refractivity (Wildman–Crippen MR) is 72.8 cm³/mol. The molecule has 1 amide bonds. The van der Waals surface area contributed by atoms with Gasteiger partial charge in [-0.1, -0.05) is 12.8 Å². The van der Waals surface area contributed by atoms with Gasteiger partial charge in [-0.05, 0) is 12.8 Å². The number of hydrogen-bond acceptors (Lipinski definition) is 3. The Hall–Kier alpha value is -1.85. The van der Waals surface area contributed by atoms with Crippen LogP contribution >= 0.6 is 0 Å². The average molecular weight is 279 g/mol. The number of aryl methyl sites for hydroxylation is 1. The lowest BCUT2D eigenvalue weighted by Crippen LogP contribution is -2.40. The summed E-state index contributed by atoms with van der Waals surface area (Å²) in [5.41, 5.74) is 0. The first-order valence-electron chi connectivity index (χ1n) is 6.94. The summed E-state index contributed by atoms with van der Waals surface area (Å²) in [5.74, 6) is -1.08.